The number of benzene rings is 11. The number of furan rings is 3. The van der Waals surface area contributed by atoms with Gasteiger partial charge in [0.1, 0.15) is 34.0 Å². The second kappa shape index (κ2) is 17.8. The molecule has 0 atom stereocenters. The molecule has 0 saturated heterocycles. The highest BCUT2D eigenvalue weighted by Gasteiger charge is 2.44. The third-order valence-corrected chi connectivity index (χ3v) is 17.4. The van der Waals surface area contributed by atoms with Crippen LogP contribution in [0.2, 0.25) is 0 Å². The van der Waals surface area contributed by atoms with Crippen molar-refractivity contribution in [1.29, 1.82) is 0 Å². The number of rotatable bonds is 8. The minimum atomic E-state index is -0.232. The largest absolute Gasteiger partial charge is 0.456 e. The fourth-order valence-corrected chi connectivity index (χ4v) is 13.6. The molecule has 0 N–H and O–H groups in total. The predicted octanol–water partition coefficient (Wildman–Crippen LogP) is 18.8. The Balaban J connectivity index is 0.944. The summed E-state index contributed by atoms with van der Waals surface area (Å²) in [5, 5.41) is 3.21. The number of hydrogen-bond acceptors (Lipinski definition) is 6. The molecule has 0 saturated carbocycles. The normalized spacial score (nSPS) is 13.5. The Morgan fingerprint density at radius 3 is 1.55 bits per heavy atom. The molecule has 14 aromatic rings. The van der Waals surface area contributed by atoms with Crippen molar-refractivity contribution in [2.45, 2.75) is 19.3 Å². The maximum Gasteiger partial charge on any atom is 0.252 e. The highest BCUT2D eigenvalue weighted by Crippen LogP contribution is 2.53. The van der Waals surface area contributed by atoms with Crippen molar-refractivity contribution in [2.75, 3.05) is 14.7 Å². The van der Waals surface area contributed by atoms with Gasteiger partial charge in [-0.2, -0.15) is 0 Å². The van der Waals surface area contributed by atoms with Crippen molar-refractivity contribution in [3.8, 4) is 45.1 Å². The minimum absolute atomic E-state index is 0.124. The van der Waals surface area contributed by atoms with Crippen LogP contribution in [0.1, 0.15) is 25.0 Å². The fraction of sp³-hybridized carbons (Fsp3) is 0.0400. The Kier molecular flexibility index (Phi) is 10.1. The zero-order valence-electron chi connectivity index (χ0n) is 45.0. The van der Waals surface area contributed by atoms with E-state index in [1.165, 1.54) is 38.6 Å². The van der Waals surface area contributed by atoms with Crippen molar-refractivity contribution in [3.63, 3.8) is 0 Å². The number of nitrogens with zero attached hydrogens (tertiary/aromatic N) is 3. The lowest BCUT2D eigenvalue weighted by molar-refractivity contribution is 0.631. The Bertz CT molecular complexity index is 4800. The summed E-state index contributed by atoms with van der Waals surface area (Å²) in [5.74, 6) is 2.46. The lowest BCUT2D eigenvalue weighted by atomic mass is 9.33. The number of para-hydroxylation sites is 5. The Morgan fingerprint density at radius 2 is 0.866 bits per heavy atom. The van der Waals surface area contributed by atoms with Gasteiger partial charge in [-0.1, -0.05) is 159 Å². The molecule has 0 spiro atoms. The molecule has 0 radical (unpaired) electrons. The van der Waals surface area contributed by atoms with Crippen molar-refractivity contribution in [3.05, 3.63) is 278 Å². The van der Waals surface area contributed by atoms with Crippen molar-refractivity contribution in [1.82, 2.24) is 0 Å². The minimum Gasteiger partial charge on any atom is -0.456 e. The smallest absolute Gasteiger partial charge is 0.252 e. The molecular formula is C75H50BN3O3. The van der Waals surface area contributed by atoms with Crippen LogP contribution in [-0.4, -0.2) is 6.71 Å². The van der Waals surface area contributed by atoms with Crippen LogP contribution in [0, 0.1) is 0 Å². The molecule has 11 aromatic carbocycles. The summed E-state index contributed by atoms with van der Waals surface area (Å²) in [6.45, 7) is 4.60. The molecule has 2 aliphatic heterocycles. The van der Waals surface area contributed by atoms with E-state index in [0.29, 0.717) is 0 Å². The molecule has 7 heteroatoms. The van der Waals surface area contributed by atoms with Gasteiger partial charge < -0.3 is 28.0 Å². The highest BCUT2D eigenvalue weighted by atomic mass is 16.3. The van der Waals surface area contributed by atoms with Crippen LogP contribution in [0.15, 0.2) is 280 Å². The molecule has 1 aliphatic carbocycles. The van der Waals surface area contributed by atoms with E-state index in [4.69, 9.17) is 13.3 Å². The van der Waals surface area contributed by atoms with E-state index in [2.05, 4.69) is 259 Å². The second-order valence-corrected chi connectivity index (χ2v) is 22.4. The van der Waals surface area contributed by atoms with E-state index in [1.54, 1.807) is 0 Å². The molecule has 3 aromatic heterocycles. The Hall–Kier alpha value is -10.5. The number of fused-ring (bicyclic) bond motifs is 10. The molecule has 3 aliphatic rings. The zero-order chi connectivity index (χ0) is 54.2. The molecule has 17 rings (SSSR count). The molecule has 0 fully saturated rings. The van der Waals surface area contributed by atoms with Gasteiger partial charge in [-0.15, -0.1) is 0 Å². The van der Waals surface area contributed by atoms with Gasteiger partial charge in [-0.05, 0) is 160 Å². The SMILES string of the molecule is CC1(C)c2ccccc2-c2ccc(N(c3ccc(-c4cc5ccccc5o4)cc3)c3cc4c5c(c3)N(c3cccc(-c6cc7ccccc7o6)c3)c3cc(-c6cc7ccccc7o6)ccc3B5c3ccccc3N4c3ccccc3)cc21. The monoisotopic (exact) mass is 1050 g/mol. The molecule has 0 amide bonds. The third-order valence-electron chi connectivity index (χ3n) is 17.4. The van der Waals surface area contributed by atoms with Gasteiger partial charge in [-0.3, -0.25) is 0 Å². The van der Waals surface area contributed by atoms with Crippen molar-refractivity contribution in [2.24, 2.45) is 0 Å². The van der Waals surface area contributed by atoms with Crippen LogP contribution < -0.4 is 31.1 Å². The molecular weight excluding hydrogens is 1000 g/mol. The quantitative estimate of drug-likeness (QED) is 0.141. The first-order valence-corrected chi connectivity index (χ1v) is 28.2. The highest BCUT2D eigenvalue weighted by molar-refractivity contribution is 7.00. The van der Waals surface area contributed by atoms with Crippen LogP contribution in [0.3, 0.4) is 0 Å². The van der Waals surface area contributed by atoms with Gasteiger partial charge in [0, 0.05) is 83.8 Å². The molecule has 0 unspecified atom stereocenters. The van der Waals surface area contributed by atoms with E-state index < -0.39 is 0 Å². The summed E-state index contributed by atoms with van der Waals surface area (Å²) in [5.41, 5.74) is 23.7. The molecule has 82 heavy (non-hydrogen) atoms. The summed E-state index contributed by atoms with van der Waals surface area (Å²) in [7, 11) is 0. The summed E-state index contributed by atoms with van der Waals surface area (Å²) >= 11 is 0. The first-order valence-electron chi connectivity index (χ1n) is 28.2. The van der Waals surface area contributed by atoms with E-state index >= 15 is 0 Å². The zero-order valence-corrected chi connectivity index (χ0v) is 45.0. The maximum absolute atomic E-state index is 6.68. The average Bonchev–Trinajstić information content (AvgIpc) is 2.22. The molecule has 386 valence electrons. The fourth-order valence-electron chi connectivity index (χ4n) is 13.6. The van der Waals surface area contributed by atoms with Crippen LogP contribution in [-0.2, 0) is 5.41 Å². The van der Waals surface area contributed by atoms with Gasteiger partial charge in [0.15, 0.2) is 0 Å². The topological polar surface area (TPSA) is 49.1 Å². The van der Waals surface area contributed by atoms with Gasteiger partial charge in [0.25, 0.3) is 6.71 Å². The van der Waals surface area contributed by atoms with Crippen LogP contribution >= 0.6 is 0 Å². The first kappa shape index (κ1) is 46.4. The lowest BCUT2D eigenvalue weighted by Crippen LogP contribution is -2.61. The summed E-state index contributed by atoms with van der Waals surface area (Å²) in [6, 6.07) is 96.5. The van der Waals surface area contributed by atoms with Gasteiger partial charge >= 0.3 is 0 Å². The maximum atomic E-state index is 6.68. The summed E-state index contributed by atoms with van der Waals surface area (Å²) in [4.78, 5) is 7.44. The Labute approximate surface area is 475 Å². The van der Waals surface area contributed by atoms with E-state index in [-0.39, 0.29) is 12.1 Å². The van der Waals surface area contributed by atoms with Crippen LogP contribution in [0.5, 0.6) is 0 Å². The van der Waals surface area contributed by atoms with Crippen molar-refractivity contribution >= 4 is 107 Å². The van der Waals surface area contributed by atoms with Crippen molar-refractivity contribution < 1.29 is 13.3 Å². The summed E-state index contributed by atoms with van der Waals surface area (Å²) in [6.07, 6.45) is 0. The summed E-state index contributed by atoms with van der Waals surface area (Å²) < 4.78 is 19.8. The lowest BCUT2D eigenvalue weighted by Gasteiger charge is -2.45. The number of anilines is 9. The Morgan fingerprint density at radius 1 is 0.341 bits per heavy atom. The predicted molar refractivity (Wildman–Crippen MR) is 338 cm³/mol. The third kappa shape index (κ3) is 7.09. The molecule has 0 bridgehead atoms. The second-order valence-electron chi connectivity index (χ2n) is 22.4. The van der Waals surface area contributed by atoms with E-state index in [9.17, 15) is 0 Å². The standard InChI is InChI=1S/C75H50BN3O3/c1-75(2)60-25-10-9-24-58(60)59-37-36-56(44-61(59)75)77(54-34-31-47(32-35-54)71-41-49-17-6-13-28-68(49)80-71)57-45-66-74-67(46-57)79(55-23-16-20-48(39-55)72-42-50-18-7-14-29-69(50)81-72)65-40-52(73-43-51-19-8-15-30-70(51)82-73)33-38-63(65)76(74)62-26-11-12-27-64(62)78(66)53-21-4-3-5-22-53/h3-46H,1-2H3. The number of hydrogen-bond donors (Lipinski definition) is 0. The van der Waals surface area contributed by atoms with Crippen LogP contribution in [0.4, 0.5) is 51.2 Å². The average molecular weight is 1050 g/mol. The van der Waals surface area contributed by atoms with E-state index in [0.717, 1.165) is 118 Å². The van der Waals surface area contributed by atoms with Gasteiger partial charge in [0.2, 0.25) is 0 Å². The first-order chi connectivity index (χ1) is 40.4. The van der Waals surface area contributed by atoms with Crippen LogP contribution in [0.25, 0.3) is 78.0 Å². The van der Waals surface area contributed by atoms with Gasteiger partial charge in [0.05, 0.1) is 5.69 Å². The molecule has 6 nitrogen and oxygen atoms in total. The van der Waals surface area contributed by atoms with E-state index in [1.807, 2.05) is 36.4 Å². The molecule has 5 heterocycles. The van der Waals surface area contributed by atoms with Gasteiger partial charge in [-0.25, -0.2) is 0 Å².